The summed E-state index contributed by atoms with van der Waals surface area (Å²) in [6, 6.07) is 4.03. The SMILES string of the molecule is NCCC1(c2ccc(Br)o2)CCC1. The van der Waals surface area contributed by atoms with Gasteiger partial charge in [-0.3, -0.25) is 0 Å². The minimum Gasteiger partial charge on any atom is -0.454 e. The molecule has 0 aromatic carbocycles. The number of hydrogen-bond acceptors (Lipinski definition) is 2. The third-order valence-corrected chi connectivity index (χ3v) is 3.46. The van der Waals surface area contributed by atoms with Gasteiger partial charge in [0, 0.05) is 5.41 Å². The largest absolute Gasteiger partial charge is 0.454 e. The van der Waals surface area contributed by atoms with Gasteiger partial charge in [0.1, 0.15) is 5.76 Å². The second-order valence-corrected chi connectivity index (χ2v) is 4.56. The fraction of sp³-hybridized carbons (Fsp3) is 0.600. The summed E-state index contributed by atoms with van der Waals surface area (Å²) in [6.45, 7) is 0.748. The molecule has 0 radical (unpaired) electrons. The lowest BCUT2D eigenvalue weighted by Crippen LogP contribution is -2.35. The third-order valence-electron chi connectivity index (χ3n) is 3.03. The molecule has 3 heteroatoms. The van der Waals surface area contributed by atoms with Crippen LogP contribution in [0, 0.1) is 0 Å². The molecule has 1 aliphatic rings. The lowest BCUT2D eigenvalue weighted by Gasteiger charge is -2.39. The van der Waals surface area contributed by atoms with Crippen LogP contribution in [-0.4, -0.2) is 6.54 Å². The summed E-state index contributed by atoms with van der Waals surface area (Å²) >= 11 is 3.33. The van der Waals surface area contributed by atoms with Crippen molar-refractivity contribution in [2.75, 3.05) is 6.54 Å². The zero-order valence-electron chi connectivity index (χ0n) is 7.55. The second kappa shape index (κ2) is 3.46. The van der Waals surface area contributed by atoms with E-state index in [2.05, 4.69) is 22.0 Å². The van der Waals surface area contributed by atoms with E-state index in [0.717, 1.165) is 23.4 Å². The number of hydrogen-bond donors (Lipinski definition) is 1. The first-order chi connectivity index (χ1) is 6.27. The molecule has 1 aromatic rings. The van der Waals surface area contributed by atoms with Gasteiger partial charge in [0.25, 0.3) is 0 Å². The van der Waals surface area contributed by atoms with Crippen LogP contribution >= 0.6 is 15.9 Å². The lowest BCUT2D eigenvalue weighted by molar-refractivity contribution is 0.186. The molecule has 0 atom stereocenters. The standard InChI is InChI=1S/C10H14BrNO/c11-9-3-2-8(13-9)10(6-7-12)4-1-5-10/h2-3H,1,4-7,12H2. The molecule has 1 heterocycles. The molecule has 2 nitrogen and oxygen atoms in total. The average molecular weight is 244 g/mol. The zero-order valence-corrected chi connectivity index (χ0v) is 9.14. The van der Waals surface area contributed by atoms with E-state index in [4.69, 9.17) is 10.2 Å². The number of rotatable bonds is 3. The first-order valence-corrected chi connectivity index (χ1v) is 5.52. The summed E-state index contributed by atoms with van der Waals surface area (Å²) in [5.74, 6) is 1.11. The van der Waals surface area contributed by atoms with Crippen molar-refractivity contribution in [2.24, 2.45) is 5.73 Å². The summed E-state index contributed by atoms with van der Waals surface area (Å²) < 4.78 is 6.43. The van der Waals surface area contributed by atoms with Gasteiger partial charge in [-0.2, -0.15) is 0 Å². The quantitative estimate of drug-likeness (QED) is 0.887. The van der Waals surface area contributed by atoms with E-state index < -0.39 is 0 Å². The highest BCUT2D eigenvalue weighted by Gasteiger charge is 2.40. The number of furan rings is 1. The van der Waals surface area contributed by atoms with E-state index in [1.54, 1.807) is 0 Å². The maximum atomic E-state index is 5.61. The molecular weight excluding hydrogens is 230 g/mol. The Morgan fingerprint density at radius 2 is 2.23 bits per heavy atom. The van der Waals surface area contributed by atoms with Crippen molar-refractivity contribution in [2.45, 2.75) is 31.1 Å². The predicted octanol–water partition coefficient (Wildman–Crippen LogP) is 2.81. The molecule has 0 unspecified atom stereocenters. The average Bonchev–Trinajstić information content (AvgIpc) is 2.44. The smallest absolute Gasteiger partial charge is 0.169 e. The molecule has 1 fully saturated rings. The Morgan fingerprint density at radius 1 is 1.46 bits per heavy atom. The van der Waals surface area contributed by atoms with Gasteiger partial charge in [-0.1, -0.05) is 6.42 Å². The molecule has 2 rings (SSSR count). The molecule has 1 aliphatic carbocycles. The van der Waals surface area contributed by atoms with E-state index in [0.29, 0.717) is 0 Å². The first kappa shape index (κ1) is 9.28. The van der Waals surface area contributed by atoms with Crippen LogP contribution in [0.1, 0.15) is 31.4 Å². The van der Waals surface area contributed by atoms with Crippen LogP contribution in [-0.2, 0) is 5.41 Å². The predicted molar refractivity (Wildman–Crippen MR) is 55.6 cm³/mol. The highest BCUT2D eigenvalue weighted by atomic mass is 79.9. The summed E-state index contributed by atoms with van der Waals surface area (Å²) in [6.07, 6.45) is 4.81. The lowest BCUT2D eigenvalue weighted by atomic mass is 9.65. The van der Waals surface area contributed by atoms with Crippen LogP contribution in [0.15, 0.2) is 21.2 Å². The van der Waals surface area contributed by atoms with Crippen LogP contribution < -0.4 is 5.73 Å². The Hall–Kier alpha value is -0.280. The van der Waals surface area contributed by atoms with Crippen molar-refractivity contribution < 1.29 is 4.42 Å². The highest BCUT2D eigenvalue weighted by Crippen LogP contribution is 2.47. The van der Waals surface area contributed by atoms with E-state index in [9.17, 15) is 0 Å². The first-order valence-electron chi connectivity index (χ1n) is 4.73. The van der Waals surface area contributed by atoms with Crippen LogP contribution in [0.2, 0.25) is 0 Å². The fourth-order valence-corrected chi connectivity index (χ4v) is 2.41. The van der Waals surface area contributed by atoms with Crippen molar-refractivity contribution in [3.63, 3.8) is 0 Å². The molecule has 72 valence electrons. The van der Waals surface area contributed by atoms with Crippen molar-refractivity contribution in [1.82, 2.24) is 0 Å². The van der Waals surface area contributed by atoms with Crippen molar-refractivity contribution in [3.8, 4) is 0 Å². The van der Waals surface area contributed by atoms with Gasteiger partial charge < -0.3 is 10.2 Å². The Labute approximate surface area is 86.6 Å². The molecule has 0 amide bonds. The summed E-state index contributed by atoms with van der Waals surface area (Å²) in [4.78, 5) is 0. The van der Waals surface area contributed by atoms with Crippen molar-refractivity contribution in [1.29, 1.82) is 0 Å². The number of nitrogens with two attached hydrogens (primary N) is 1. The van der Waals surface area contributed by atoms with Gasteiger partial charge >= 0.3 is 0 Å². The topological polar surface area (TPSA) is 39.2 Å². The molecule has 0 saturated heterocycles. The van der Waals surface area contributed by atoms with Gasteiger partial charge in [-0.15, -0.1) is 0 Å². The molecule has 2 N–H and O–H groups in total. The van der Waals surface area contributed by atoms with E-state index in [-0.39, 0.29) is 5.41 Å². The van der Waals surface area contributed by atoms with Crippen LogP contribution in [0.4, 0.5) is 0 Å². The molecule has 1 aromatic heterocycles. The van der Waals surface area contributed by atoms with E-state index >= 15 is 0 Å². The Balaban J connectivity index is 2.21. The van der Waals surface area contributed by atoms with Crippen molar-refractivity contribution >= 4 is 15.9 Å². The Morgan fingerprint density at radius 3 is 2.62 bits per heavy atom. The monoisotopic (exact) mass is 243 g/mol. The normalized spacial score (nSPS) is 19.8. The molecule has 0 aliphatic heterocycles. The number of halogens is 1. The summed E-state index contributed by atoms with van der Waals surface area (Å²) in [5, 5.41) is 0. The molecule has 0 spiro atoms. The second-order valence-electron chi connectivity index (χ2n) is 3.78. The Bertz CT molecular complexity index is 291. The van der Waals surface area contributed by atoms with Crippen LogP contribution in [0.5, 0.6) is 0 Å². The fourth-order valence-electron chi connectivity index (χ4n) is 2.10. The molecule has 13 heavy (non-hydrogen) atoms. The summed E-state index contributed by atoms with van der Waals surface area (Å²) in [7, 11) is 0. The van der Waals surface area contributed by atoms with E-state index in [1.165, 1.54) is 19.3 Å². The minimum absolute atomic E-state index is 0.265. The molecule has 0 bridgehead atoms. The van der Waals surface area contributed by atoms with E-state index in [1.807, 2.05) is 6.07 Å². The highest BCUT2D eigenvalue weighted by molar-refractivity contribution is 9.10. The van der Waals surface area contributed by atoms with Gasteiger partial charge in [-0.25, -0.2) is 0 Å². The maximum absolute atomic E-state index is 5.61. The van der Waals surface area contributed by atoms with Crippen LogP contribution in [0.3, 0.4) is 0 Å². The van der Waals surface area contributed by atoms with Crippen molar-refractivity contribution in [3.05, 3.63) is 22.6 Å². The zero-order chi connectivity index (χ0) is 9.31. The van der Waals surface area contributed by atoms with Gasteiger partial charge in [0.15, 0.2) is 4.67 Å². The van der Waals surface area contributed by atoms with Gasteiger partial charge in [0.05, 0.1) is 0 Å². The maximum Gasteiger partial charge on any atom is 0.169 e. The Kier molecular flexibility index (Phi) is 2.47. The third kappa shape index (κ3) is 1.55. The minimum atomic E-state index is 0.265. The molecular formula is C10H14BrNO. The summed E-state index contributed by atoms with van der Waals surface area (Å²) in [5.41, 5.74) is 5.88. The molecule has 1 saturated carbocycles. The van der Waals surface area contributed by atoms with Crippen LogP contribution in [0.25, 0.3) is 0 Å². The van der Waals surface area contributed by atoms with Gasteiger partial charge in [-0.05, 0) is 53.9 Å². The van der Waals surface area contributed by atoms with Gasteiger partial charge in [0.2, 0.25) is 0 Å².